The van der Waals surface area contributed by atoms with Crippen molar-refractivity contribution < 1.29 is 8.81 Å². The Hall–Kier alpha value is -2.46. The van der Waals surface area contributed by atoms with Crippen LogP contribution in [0.1, 0.15) is 11.3 Å². The van der Waals surface area contributed by atoms with E-state index in [1.165, 1.54) is 17.7 Å². The fourth-order valence-corrected chi connectivity index (χ4v) is 2.42. The second-order valence-corrected chi connectivity index (χ2v) is 5.62. The number of hydrogen-bond acceptors (Lipinski definition) is 3. The highest BCUT2D eigenvalue weighted by Crippen LogP contribution is 2.19. The van der Waals surface area contributed by atoms with Gasteiger partial charge in [0, 0.05) is 18.7 Å². The third-order valence-corrected chi connectivity index (χ3v) is 3.70. The molecule has 1 heterocycles. The average molecular weight is 310 g/mol. The molecular formula is C19H19FN2O. The lowest BCUT2D eigenvalue weighted by atomic mass is 10.1. The van der Waals surface area contributed by atoms with E-state index in [4.69, 9.17) is 4.42 Å². The summed E-state index contributed by atoms with van der Waals surface area (Å²) in [5.41, 5.74) is 2.98. The maximum Gasteiger partial charge on any atom is 0.226 e. The maximum absolute atomic E-state index is 12.9. The molecule has 4 heteroatoms. The average Bonchev–Trinajstić information content (AvgIpc) is 3.03. The zero-order valence-electron chi connectivity index (χ0n) is 13.1. The minimum absolute atomic E-state index is 0.263. The number of benzene rings is 2. The van der Waals surface area contributed by atoms with Crippen LogP contribution in [0.5, 0.6) is 0 Å². The topological polar surface area (TPSA) is 29.3 Å². The second-order valence-electron chi connectivity index (χ2n) is 5.62. The molecule has 0 amide bonds. The Bertz CT molecular complexity index is 738. The van der Waals surface area contributed by atoms with E-state index >= 15 is 0 Å². The second kappa shape index (κ2) is 7.20. The van der Waals surface area contributed by atoms with Crippen molar-refractivity contribution >= 4 is 0 Å². The lowest BCUT2D eigenvalue weighted by Gasteiger charge is -2.14. The molecule has 1 aromatic heterocycles. The van der Waals surface area contributed by atoms with Gasteiger partial charge in [0.15, 0.2) is 0 Å². The molecule has 0 fully saturated rings. The van der Waals surface area contributed by atoms with Crippen molar-refractivity contribution in [2.75, 3.05) is 13.6 Å². The highest BCUT2D eigenvalue weighted by Gasteiger charge is 2.09. The van der Waals surface area contributed by atoms with Crippen LogP contribution in [0.2, 0.25) is 0 Å². The van der Waals surface area contributed by atoms with Gasteiger partial charge in [-0.1, -0.05) is 30.3 Å². The van der Waals surface area contributed by atoms with E-state index in [1.807, 2.05) is 6.07 Å². The Morgan fingerprint density at radius 1 is 1.04 bits per heavy atom. The molecule has 0 unspecified atom stereocenters. The lowest BCUT2D eigenvalue weighted by molar-refractivity contribution is 0.327. The number of hydrogen-bond donors (Lipinski definition) is 0. The Kier molecular flexibility index (Phi) is 4.83. The summed E-state index contributed by atoms with van der Waals surface area (Å²) < 4.78 is 18.4. The minimum atomic E-state index is -0.263. The predicted octanol–water partition coefficient (Wildman–Crippen LogP) is 4.16. The van der Waals surface area contributed by atoms with E-state index in [0.29, 0.717) is 5.89 Å². The smallest absolute Gasteiger partial charge is 0.226 e. The summed E-state index contributed by atoms with van der Waals surface area (Å²) in [6.45, 7) is 1.67. The standard InChI is InChI=1S/C19H19FN2O/c1-22(12-11-15-5-3-2-4-6-15)13-18-14-23-19(21-18)16-7-9-17(20)10-8-16/h2-10,14H,11-13H2,1H3. The summed E-state index contributed by atoms with van der Waals surface area (Å²) in [4.78, 5) is 6.68. The molecule has 2 aromatic carbocycles. The molecule has 0 aliphatic carbocycles. The summed E-state index contributed by atoms with van der Waals surface area (Å²) in [5, 5.41) is 0. The number of halogens is 1. The molecular weight excluding hydrogens is 291 g/mol. The summed E-state index contributed by atoms with van der Waals surface area (Å²) >= 11 is 0. The molecule has 0 aliphatic heterocycles. The number of aromatic nitrogens is 1. The zero-order chi connectivity index (χ0) is 16.1. The van der Waals surface area contributed by atoms with Gasteiger partial charge in [0.2, 0.25) is 5.89 Å². The molecule has 23 heavy (non-hydrogen) atoms. The lowest BCUT2D eigenvalue weighted by Crippen LogP contribution is -2.20. The van der Waals surface area contributed by atoms with Crippen molar-refractivity contribution in [2.24, 2.45) is 0 Å². The minimum Gasteiger partial charge on any atom is -0.444 e. The molecule has 118 valence electrons. The van der Waals surface area contributed by atoms with Crippen LogP contribution >= 0.6 is 0 Å². The Morgan fingerprint density at radius 2 is 1.78 bits per heavy atom. The molecule has 0 aliphatic rings. The summed E-state index contributed by atoms with van der Waals surface area (Å²) in [6.07, 6.45) is 2.66. The van der Waals surface area contributed by atoms with Crippen molar-refractivity contribution in [1.82, 2.24) is 9.88 Å². The van der Waals surface area contributed by atoms with Crippen LogP contribution in [0.3, 0.4) is 0 Å². The number of rotatable bonds is 6. The highest BCUT2D eigenvalue weighted by molar-refractivity contribution is 5.52. The van der Waals surface area contributed by atoms with Crippen LogP contribution in [0, 0.1) is 5.82 Å². The van der Waals surface area contributed by atoms with Crippen LogP contribution in [-0.4, -0.2) is 23.5 Å². The molecule has 3 aromatic rings. The molecule has 0 radical (unpaired) electrons. The van der Waals surface area contributed by atoms with Crippen molar-refractivity contribution in [2.45, 2.75) is 13.0 Å². The van der Waals surface area contributed by atoms with Gasteiger partial charge in [0.05, 0.1) is 5.69 Å². The Balaban J connectivity index is 1.57. The van der Waals surface area contributed by atoms with Gasteiger partial charge >= 0.3 is 0 Å². The summed E-state index contributed by atoms with van der Waals surface area (Å²) in [5.74, 6) is 0.262. The van der Waals surface area contributed by atoms with E-state index in [1.54, 1.807) is 18.4 Å². The number of nitrogens with zero attached hydrogens (tertiary/aromatic N) is 2. The fraction of sp³-hybridized carbons (Fsp3) is 0.211. The first-order valence-electron chi connectivity index (χ1n) is 7.63. The van der Waals surface area contributed by atoms with Gasteiger partial charge in [-0.05, 0) is 43.3 Å². The monoisotopic (exact) mass is 310 g/mol. The van der Waals surface area contributed by atoms with Crippen molar-refractivity contribution in [1.29, 1.82) is 0 Å². The van der Waals surface area contributed by atoms with E-state index < -0.39 is 0 Å². The van der Waals surface area contributed by atoms with E-state index in [-0.39, 0.29) is 5.82 Å². The van der Waals surface area contributed by atoms with Crippen molar-refractivity contribution in [3.05, 3.63) is 77.9 Å². The van der Waals surface area contributed by atoms with Gasteiger partial charge in [0.1, 0.15) is 12.1 Å². The third kappa shape index (κ3) is 4.27. The zero-order valence-corrected chi connectivity index (χ0v) is 13.1. The van der Waals surface area contributed by atoms with Crippen LogP contribution in [-0.2, 0) is 13.0 Å². The van der Waals surface area contributed by atoms with Gasteiger partial charge < -0.3 is 9.32 Å². The van der Waals surface area contributed by atoms with Gasteiger partial charge in [0.25, 0.3) is 0 Å². The van der Waals surface area contributed by atoms with Crippen LogP contribution in [0.4, 0.5) is 4.39 Å². The summed E-state index contributed by atoms with van der Waals surface area (Å²) in [7, 11) is 2.06. The Labute approximate surface area is 135 Å². The molecule has 0 saturated heterocycles. The molecule has 3 nitrogen and oxygen atoms in total. The quantitative estimate of drug-likeness (QED) is 0.685. The Morgan fingerprint density at radius 3 is 2.52 bits per heavy atom. The van der Waals surface area contributed by atoms with Gasteiger partial charge in [-0.2, -0.15) is 0 Å². The molecule has 0 atom stereocenters. The molecule has 0 spiro atoms. The highest BCUT2D eigenvalue weighted by atomic mass is 19.1. The SMILES string of the molecule is CN(CCc1ccccc1)Cc1coc(-c2ccc(F)cc2)n1. The van der Waals surface area contributed by atoms with Gasteiger partial charge in [-0.3, -0.25) is 0 Å². The third-order valence-electron chi connectivity index (χ3n) is 3.70. The van der Waals surface area contributed by atoms with Gasteiger partial charge in [-0.15, -0.1) is 0 Å². The number of oxazole rings is 1. The van der Waals surface area contributed by atoms with E-state index in [2.05, 4.69) is 41.2 Å². The van der Waals surface area contributed by atoms with Crippen LogP contribution in [0.15, 0.2) is 65.3 Å². The molecule has 0 N–H and O–H groups in total. The molecule has 0 bridgehead atoms. The number of likely N-dealkylation sites (N-methyl/N-ethyl adjacent to an activating group) is 1. The van der Waals surface area contributed by atoms with E-state index in [9.17, 15) is 4.39 Å². The molecule has 3 rings (SSSR count). The van der Waals surface area contributed by atoms with Crippen molar-refractivity contribution in [3.8, 4) is 11.5 Å². The van der Waals surface area contributed by atoms with Crippen LogP contribution in [0.25, 0.3) is 11.5 Å². The van der Waals surface area contributed by atoms with E-state index in [0.717, 1.165) is 30.8 Å². The molecule has 0 saturated carbocycles. The normalized spacial score (nSPS) is 11.1. The first-order chi connectivity index (χ1) is 11.2. The fourth-order valence-electron chi connectivity index (χ4n) is 2.42. The van der Waals surface area contributed by atoms with Gasteiger partial charge in [-0.25, -0.2) is 9.37 Å². The first-order valence-corrected chi connectivity index (χ1v) is 7.63. The van der Waals surface area contributed by atoms with Crippen molar-refractivity contribution in [3.63, 3.8) is 0 Å². The maximum atomic E-state index is 12.9. The predicted molar refractivity (Wildman–Crippen MR) is 88.4 cm³/mol. The van der Waals surface area contributed by atoms with Crippen LogP contribution < -0.4 is 0 Å². The largest absolute Gasteiger partial charge is 0.444 e. The summed E-state index contributed by atoms with van der Waals surface area (Å²) in [6, 6.07) is 16.6. The first kappa shape index (κ1) is 15.4.